The van der Waals surface area contributed by atoms with Crippen LogP contribution in [0, 0.1) is 28.5 Å². The molecule has 0 radical (unpaired) electrons. The van der Waals surface area contributed by atoms with E-state index in [1.807, 2.05) is 18.2 Å². The van der Waals surface area contributed by atoms with Crippen molar-refractivity contribution in [3.8, 4) is 11.1 Å². The van der Waals surface area contributed by atoms with E-state index in [4.69, 9.17) is 9.47 Å². The Hall–Kier alpha value is -5.25. The number of amides is 2. The van der Waals surface area contributed by atoms with Crippen molar-refractivity contribution in [1.29, 1.82) is 0 Å². The summed E-state index contributed by atoms with van der Waals surface area (Å²) in [6, 6.07) is 18.4. The standard InChI is InChI=1S/C48H51F7N4O5/c1-44(2,3)64-42(61)39-9-5-4-8-38(39)40-32(7-6-10-37(40)31-13-15-34(16-14-31)47(50,51)52)25-63-26-35-24-57(27-45(35)28-58(29-45)43(62)46(19-20-46)48(53,54)55)41(60)33-21-56-59(23-33)22-30-11-17-36(49)18-12-30/h4-12,17-18,21,23,31,34-35H,13-16,19-20,22,24-29H2,1-3H3. The number of esters is 1. The summed E-state index contributed by atoms with van der Waals surface area (Å²) < 4.78 is 111. The molecular formula is C48H51F7N4O5. The lowest BCUT2D eigenvalue weighted by atomic mass is 9.71. The van der Waals surface area contributed by atoms with Gasteiger partial charge in [-0.15, -0.1) is 0 Å². The van der Waals surface area contributed by atoms with Crippen LogP contribution in [0.15, 0.2) is 79.1 Å². The molecule has 2 saturated heterocycles. The number of carbonyl (C=O) groups excluding carboxylic acids is 3. The van der Waals surface area contributed by atoms with Crippen LogP contribution in [0.5, 0.6) is 0 Å². The van der Waals surface area contributed by atoms with E-state index < -0.39 is 52.5 Å². The molecule has 4 aromatic rings. The maximum atomic E-state index is 14.0. The number of benzene rings is 3. The first-order chi connectivity index (χ1) is 30.2. The number of hydrogen-bond donors (Lipinski definition) is 0. The second-order valence-corrected chi connectivity index (χ2v) is 19.1. The quantitative estimate of drug-likeness (QED) is 0.110. The molecule has 1 atom stereocenters. The highest BCUT2D eigenvalue weighted by molar-refractivity contribution is 5.98. The number of halogens is 7. The Balaban J connectivity index is 1.05. The second kappa shape index (κ2) is 17.0. The molecule has 2 aliphatic heterocycles. The molecule has 342 valence electrons. The summed E-state index contributed by atoms with van der Waals surface area (Å²) in [4.78, 5) is 43.9. The largest absolute Gasteiger partial charge is 0.456 e. The first kappa shape index (κ1) is 45.3. The molecule has 2 aliphatic carbocycles. The van der Waals surface area contributed by atoms with E-state index in [0.29, 0.717) is 29.5 Å². The Morgan fingerprint density at radius 1 is 0.828 bits per heavy atom. The van der Waals surface area contributed by atoms with Crippen LogP contribution in [0.4, 0.5) is 30.7 Å². The molecule has 64 heavy (non-hydrogen) atoms. The molecular weight excluding hydrogens is 846 g/mol. The van der Waals surface area contributed by atoms with E-state index in [2.05, 4.69) is 5.10 Å². The molecule has 9 nitrogen and oxygen atoms in total. The molecule has 1 spiro atoms. The predicted molar refractivity (Wildman–Crippen MR) is 221 cm³/mol. The van der Waals surface area contributed by atoms with Gasteiger partial charge in [0.1, 0.15) is 16.8 Å². The average Bonchev–Trinajstić information content (AvgIpc) is 3.79. The van der Waals surface area contributed by atoms with Crippen LogP contribution in [0.2, 0.25) is 0 Å². The molecule has 0 bridgehead atoms. The van der Waals surface area contributed by atoms with Crippen LogP contribution < -0.4 is 0 Å². The third-order valence-corrected chi connectivity index (χ3v) is 13.4. The minimum absolute atomic E-state index is 0.000233. The minimum Gasteiger partial charge on any atom is -0.456 e. The molecule has 0 N–H and O–H groups in total. The van der Waals surface area contributed by atoms with Crippen molar-refractivity contribution in [1.82, 2.24) is 19.6 Å². The zero-order valence-electron chi connectivity index (χ0n) is 35.9. The zero-order chi connectivity index (χ0) is 45.8. The SMILES string of the molecule is CC(C)(C)OC(=O)c1ccccc1-c1c(COCC2CN(C(=O)c3cnn(Cc4ccc(F)cc4)c3)CC23CN(C(=O)C2(C(F)(F)F)CC2)C3)cccc1C1CCC(C(F)(F)F)CC1. The maximum absolute atomic E-state index is 14.0. The number of ether oxygens (including phenoxy) is 2. The van der Waals surface area contributed by atoms with Crippen molar-refractivity contribution in [2.75, 3.05) is 32.8 Å². The molecule has 2 saturated carbocycles. The van der Waals surface area contributed by atoms with Crippen molar-refractivity contribution in [2.45, 2.75) is 96.3 Å². The molecule has 3 aromatic carbocycles. The van der Waals surface area contributed by atoms with Crippen molar-refractivity contribution in [2.24, 2.45) is 22.7 Å². The van der Waals surface area contributed by atoms with Crippen LogP contribution in [-0.4, -0.2) is 88.1 Å². The lowest BCUT2D eigenvalue weighted by Gasteiger charge is -2.51. The predicted octanol–water partition coefficient (Wildman–Crippen LogP) is 9.99. The monoisotopic (exact) mass is 896 g/mol. The van der Waals surface area contributed by atoms with Gasteiger partial charge in [-0.1, -0.05) is 48.5 Å². The molecule has 3 heterocycles. The zero-order valence-corrected chi connectivity index (χ0v) is 35.9. The fourth-order valence-electron chi connectivity index (χ4n) is 9.86. The Labute approximate surface area is 366 Å². The molecule has 4 aliphatic rings. The van der Waals surface area contributed by atoms with E-state index >= 15 is 0 Å². The van der Waals surface area contributed by atoms with Gasteiger partial charge in [0.25, 0.3) is 5.91 Å². The van der Waals surface area contributed by atoms with Crippen LogP contribution in [0.25, 0.3) is 11.1 Å². The van der Waals surface area contributed by atoms with Gasteiger partial charge in [0.05, 0.1) is 43.0 Å². The lowest BCUT2D eigenvalue weighted by molar-refractivity contribution is -0.205. The van der Waals surface area contributed by atoms with Gasteiger partial charge in [0.15, 0.2) is 0 Å². The second-order valence-electron chi connectivity index (χ2n) is 19.1. The Kier molecular flexibility index (Phi) is 12.0. The molecule has 8 rings (SSSR count). The number of likely N-dealkylation sites (tertiary alicyclic amines) is 2. The summed E-state index contributed by atoms with van der Waals surface area (Å²) >= 11 is 0. The van der Waals surface area contributed by atoms with E-state index in [0.717, 1.165) is 11.1 Å². The van der Waals surface area contributed by atoms with Gasteiger partial charge in [0.2, 0.25) is 5.91 Å². The smallest absolute Gasteiger partial charge is 0.403 e. The summed E-state index contributed by atoms with van der Waals surface area (Å²) in [6.07, 6.45) is -5.95. The highest BCUT2D eigenvalue weighted by Crippen LogP contribution is 2.60. The van der Waals surface area contributed by atoms with Gasteiger partial charge in [0, 0.05) is 43.7 Å². The summed E-state index contributed by atoms with van der Waals surface area (Å²) in [5.41, 5.74) is 0.0613. The summed E-state index contributed by atoms with van der Waals surface area (Å²) in [6.45, 7) is 5.98. The van der Waals surface area contributed by atoms with Gasteiger partial charge in [-0.25, -0.2) is 9.18 Å². The molecule has 2 amide bonds. The number of carbonyl (C=O) groups is 3. The van der Waals surface area contributed by atoms with E-state index in [1.54, 1.807) is 72.9 Å². The maximum Gasteiger partial charge on any atom is 0.403 e. The fraction of sp³-hybridized carbons (Fsp3) is 0.500. The Morgan fingerprint density at radius 2 is 1.50 bits per heavy atom. The highest BCUT2D eigenvalue weighted by Gasteiger charge is 2.71. The first-order valence-electron chi connectivity index (χ1n) is 21.7. The Bertz CT molecular complexity index is 2370. The highest BCUT2D eigenvalue weighted by atomic mass is 19.4. The van der Waals surface area contributed by atoms with Crippen LogP contribution in [-0.2, 0) is 27.4 Å². The molecule has 1 unspecified atom stereocenters. The van der Waals surface area contributed by atoms with Gasteiger partial charge >= 0.3 is 18.3 Å². The molecule has 1 aromatic heterocycles. The van der Waals surface area contributed by atoms with Crippen molar-refractivity contribution < 1.29 is 54.6 Å². The van der Waals surface area contributed by atoms with Gasteiger partial charge in [-0.05, 0) is 111 Å². The first-order valence-corrected chi connectivity index (χ1v) is 21.7. The minimum atomic E-state index is -4.67. The van der Waals surface area contributed by atoms with Crippen LogP contribution >= 0.6 is 0 Å². The summed E-state index contributed by atoms with van der Waals surface area (Å²) in [5.74, 6) is -4.27. The van der Waals surface area contributed by atoms with E-state index in [1.165, 1.54) is 23.2 Å². The number of alkyl halides is 6. The van der Waals surface area contributed by atoms with E-state index in [-0.39, 0.29) is 100 Å². The fourth-order valence-corrected chi connectivity index (χ4v) is 9.86. The molecule has 16 heteroatoms. The number of hydrogen-bond acceptors (Lipinski definition) is 6. The van der Waals surface area contributed by atoms with E-state index in [9.17, 15) is 45.1 Å². The van der Waals surface area contributed by atoms with Crippen LogP contribution in [0.3, 0.4) is 0 Å². The Morgan fingerprint density at radius 3 is 2.14 bits per heavy atom. The number of nitrogens with zero attached hydrogens (tertiary/aromatic N) is 4. The normalized spacial score (nSPS) is 21.8. The summed E-state index contributed by atoms with van der Waals surface area (Å²) in [5, 5.41) is 4.33. The van der Waals surface area contributed by atoms with Crippen molar-refractivity contribution >= 4 is 17.8 Å². The third-order valence-electron chi connectivity index (χ3n) is 13.4. The number of rotatable bonds is 11. The lowest BCUT2D eigenvalue weighted by Crippen LogP contribution is -2.65. The third kappa shape index (κ3) is 9.16. The van der Waals surface area contributed by atoms with Gasteiger partial charge < -0.3 is 19.3 Å². The number of aromatic nitrogens is 2. The van der Waals surface area contributed by atoms with Gasteiger partial charge in [-0.3, -0.25) is 14.3 Å². The van der Waals surface area contributed by atoms with Crippen LogP contribution in [0.1, 0.15) is 103 Å². The topological polar surface area (TPSA) is 94.0 Å². The summed E-state index contributed by atoms with van der Waals surface area (Å²) in [7, 11) is 0. The van der Waals surface area contributed by atoms with Crippen molar-refractivity contribution in [3.05, 3.63) is 113 Å². The van der Waals surface area contributed by atoms with Crippen molar-refractivity contribution in [3.63, 3.8) is 0 Å². The average molecular weight is 897 g/mol. The molecule has 4 fully saturated rings. The van der Waals surface area contributed by atoms with Gasteiger partial charge in [-0.2, -0.15) is 31.4 Å².